The Hall–Kier alpha value is -1.62. The molecule has 0 fully saturated rings. The van der Waals surface area contributed by atoms with Gasteiger partial charge in [0.2, 0.25) is 0 Å². The lowest BCUT2D eigenvalue weighted by atomic mass is 10.1. The molecule has 0 aliphatic carbocycles. The Bertz CT molecular complexity index is 364. The Morgan fingerprint density at radius 3 is 2.87 bits per heavy atom. The summed E-state index contributed by atoms with van der Waals surface area (Å²) in [6.45, 7) is 0. The van der Waals surface area contributed by atoms with Crippen molar-refractivity contribution in [3.63, 3.8) is 0 Å². The van der Waals surface area contributed by atoms with Crippen LogP contribution in [-0.2, 0) is 9.53 Å². The van der Waals surface area contributed by atoms with Crippen LogP contribution in [0.15, 0.2) is 18.2 Å². The normalized spacial score (nSPS) is 12.2. The van der Waals surface area contributed by atoms with E-state index in [1.54, 1.807) is 0 Å². The predicted molar refractivity (Wildman–Crippen MR) is 49.7 cm³/mol. The maximum Gasteiger partial charge on any atom is 0.308 e. The van der Waals surface area contributed by atoms with Gasteiger partial charge in [0.25, 0.3) is 0 Å². The van der Waals surface area contributed by atoms with Gasteiger partial charge in [-0.2, -0.15) is 0 Å². The quantitative estimate of drug-likeness (QED) is 0.740. The first kappa shape index (κ1) is 11.5. The molecule has 0 amide bonds. The van der Waals surface area contributed by atoms with Crippen LogP contribution in [0, 0.1) is 5.82 Å². The molecule has 82 valence electrons. The molecule has 0 bridgehead atoms. The standard InChI is InChI=1S/C10H11FO4/c1-15-10(14)5-9(13)7-4-6(11)2-3-8(7)12/h2-4,9,12-13H,5H2,1H3/t9-/m0/s1. The summed E-state index contributed by atoms with van der Waals surface area (Å²) in [5.41, 5.74) is -0.0274. The smallest absolute Gasteiger partial charge is 0.308 e. The molecule has 5 heteroatoms. The Labute approximate surface area is 85.9 Å². The number of hydrogen-bond acceptors (Lipinski definition) is 4. The number of carbonyl (C=O) groups is 1. The molecule has 1 rings (SSSR count). The Morgan fingerprint density at radius 1 is 1.60 bits per heavy atom. The van der Waals surface area contributed by atoms with Crippen molar-refractivity contribution in [3.8, 4) is 5.75 Å². The van der Waals surface area contributed by atoms with Crippen LogP contribution in [0.2, 0.25) is 0 Å². The lowest BCUT2D eigenvalue weighted by Gasteiger charge is -2.11. The van der Waals surface area contributed by atoms with Gasteiger partial charge < -0.3 is 14.9 Å². The van der Waals surface area contributed by atoms with Crippen molar-refractivity contribution in [1.29, 1.82) is 0 Å². The Morgan fingerprint density at radius 2 is 2.27 bits per heavy atom. The van der Waals surface area contributed by atoms with Gasteiger partial charge in [0, 0.05) is 5.56 Å². The van der Waals surface area contributed by atoms with Crippen molar-refractivity contribution in [3.05, 3.63) is 29.6 Å². The molecule has 1 atom stereocenters. The second-order valence-electron chi connectivity index (χ2n) is 3.00. The number of rotatable bonds is 3. The third-order valence-corrected chi connectivity index (χ3v) is 1.94. The largest absolute Gasteiger partial charge is 0.508 e. The van der Waals surface area contributed by atoms with E-state index < -0.39 is 17.9 Å². The molecular formula is C10H11FO4. The molecule has 0 saturated carbocycles. The van der Waals surface area contributed by atoms with E-state index in [1.165, 1.54) is 7.11 Å². The van der Waals surface area contributed by atoms with E-state index in [-0.39, 0.29) is 17.7 Å². The average Bonchev–Trinajstić information content (AvgIpc) is 2.21. The third kappa shape index (κ3) is 2.92. The zero-order valence-electron chi connectivity index (χ0n) is 8.11. The molecule has 2 N–H and O–H groups in total. The molecule has 0 saturated heterocycles. The number of benzene rings is 1. The minimum Gasteiger partial charge on any atom is -0.508 e. The first-order valence-corrected chi connectivity index (χ1v) is 4.28. The van der Waals surface area contributed by atoms with Gasteiger partial charge in [0.05, 0.1) is 19.6 Å². The summed E-state index contributed by atoms with van der Waals surface area (Å²) in [6, 6.07) is 3.15. The van der Waals surface area contributed by atoms with E-state index in [1.807, 2.05) is 0 Å². The topological polar surface area (TPSA) is 66.8 Å². The minimum atomic E-state index is -1.27. The van der Waals surface area contributed by atoms with E-state index in [2.05, 4.69) is 4.74 Å². The number of aliphatic hydroxyl groups is 1. The van der Waals surface area contributed by atoms with Gasteiger partial charge in [-0.25, -0.2) is 4.39 Å². The molecule has 4 nitrogen and oxygen atoms in total. The highest BCUT2D eigenvalue weighted by Crippen LogP contribution is 2.27. The van der Waals surface area contributed by atoms with Crippen molar-refractivity contribution < 1.29 is 24.1 Å². The van der Waals surface area contributed by atoms with Crippen molar-refractivity contribution in [2.24, 2.45) is 0 Å². The van der Waals surface area contributed by atoms with Crippen LogP contribution in [-0.4, -0.2) is 23.3 Å². The van der Waals surface area contributed by atoms with E-state index >= 15 is 0 Å². The molecule has 0 radical (unpaired) electrons. The average molecular weight is 214 g/mol. The summed E-state index contributed by atoms with van der Waals surface area (Å²) in [4.78, 5) is 10.8. The van der Waals surface area contributed by atoms with Crippen LogP contribution in [0.3, 0.4) is 0 Å². The lowest BCUT2D eigenvalue weighted by Crippen LogP contribution is -2.08. The maximum absolute atomic E-state index is 12.8. The Balaban J connectivity index is 2.85. The van der Waals surface area contributed by atoms with Crippen molar-refractivity contribution >= 4 is 5.97 Å². The zero-order valence-corrected chi connectivity index (χ0v) is 8.11. The van der Waals surface area contributed by atoms with Crippen LogP contribution < -0.4 is 0 Å². The zero-order chi connectivity index (χ0) is 11.4. The first-order valence-electron chi connectivity index (χ1n) is 4.28. The highest BCUT2D eigenvalue weighted by Gasteiger charge is 2.17. The van der Waals surface area contributed by atoms with Crippen LogP contribution in [0.4, 0.5) is 4.39 Å². The second-order valence-corrected chi connectivity index (χ2v) is 3.00. The molecule has 0 aromatic heterocycles. The number of halogens is 1. The molecule has 0 aliphatic rings. The van der Waals surface area contributed by atoms with Gasteiger partial charge in [-0.1, -0.05) is 0 Å². The Kier molecular flexibility index (Phi) is 3.62. The monoisotopic (exact) mass is 214 g/mol. The molecule has 1 aromatic rings. The molecule has 15 heavy (non-hydrogen) atoms. The fourth-order valence-electron chi connectivity index (χ4n) is 1.14. The van der Waals surface area contributed by atoms with Gasteiger partial charge in [-0.3, -0.25) is 4.79 Å². The summed E-state index contributed by atoms with van der Waals surface area (Å²) >= 11 is 0. The van der Waals surface area contributed by atoms with Crippen molar-refractivity contribution in [2.45, 2.75) is 12.5 Å². The van der Waals surface area contributed by atoms with Crippen LogP contribution in [0.25, 0.3) is 0 Å². The molecule has 0 aliphatic heterocycles. The number of aliphatic hydroxyl groups excluding tert-OH is 1. The molecule has 0 heterocycles. The summed E-state index contributed by atoms with van der Waals surface area (Å²) in [6.07, 6.45) is -1.60. The second kappa shape index (κ2) is 4.75. The van der Waals surface area contributed by atoms with E-state index in [4.69, 9.17) is 0 Å². The number of aromatic hydroxyl groups is 1. The number of carbonyl (C=O) groups excluding carboxylic acids is 1. The van der Waals surface area contributed by atoms with Crippen LogP contribution in [0.1, 0.15) is 18.1 Å². The summed E-state index contributed by atoms with van der Waals surface area (Å²) in [7, 11) is 1.18. The van der Waals surface area contributed by atoms with Gasteiger partial charge in [0.1, 0.15) is 11.6 Å². The van der Waals surface area contributed by atoms with Gasteiger partial charge in [-0.05, 0) is 18.2 Å². The number of ether oxygens (including phenoxy) is 1. The number of hydrogen-bond donors (Lipinski definition) is 2. The summed E-state index contributed by atoms with van der Waals surface area (Å²) in [5, 5.41) is 18.8. The lowest BCUT2D eigenvalue weighted by molar-refractivity contribution is -0.142. The highest BCUT2D eigenvalue weighted by molar-refractivity contribution is 5.70. The molecule has 1 aromatic carbocycles. The van der Waals surface area contributed by atoms with Crippen molar-refractivity contribution in [2.75, 3.05) is 7.11 Å². The van der Waals surface area contributed by atoms with E-state index in [0.717, 1.165) is 18.2 Å². The predicted octanol–water partition coefficient (Wildman–Crippen LogP) is 1.13. The number of phenolic OH excluding ortho intramolecular Hbond substituents is 1. The van der Waals surface area contributed by atoms with Crippen molar-refractivity contribution in [1.82, 2.24) is 0 Å². The highest BCUT2D eigenvalue weighted by atomic mass is 19.1. The number of esters is 1. The minimum absolute atomic E-state index is 0.0274. The van der Waals surface area contributed by atoms with Gasteiger partial charge in [-0.15, -0.1) is 0 Å². The maximum atomic E-state index is 12.8. The summed E-state index contributed by atoms with van der Waals surface area (Å²) in [5.74, 6) is -1.48. The van der Waals surface area contributed by atoms with E-state index in [9.17, 15) is 19.4 Å². The fourth-order valence-corrected chi connectivity index (χ4v) is 1.14. The van der Waals surface area contributed by atoms with Gasteiger partial charge >= 0.3 is 5.97 Å². The molecule has 0 spiro atoms. The fraction of sp³-hybridized carbons (Fsp3) is 0.300. The molecular weight excluding hydrogens is 203 g/mol. The SMILES string of the molecule is COC(=O)C[C@H](O)c1cc(F)ccc1O. The van der Waals surface area contributed by atoms with Crippen LogP contribution in [0.5, 0.6) is 5.75 Å². The first-order chi connectivity index (χ1) is 7.04. The number of methoxy groups -OCH3 is 1. The van der Waals surface area contributed by atoms with E-state index in [0.29, 0.717) is 0 Å². The van der Waals surface area contributed by atoms with Gasteiger partial charge in [0.15, 0.2) is 0 Å². The third-order valence-electron chi connectivity index (χ3n) is 1.94. The van der Waals surface area contributed by atoms with Crippen LogP contribution >= 0.6 is 0 Å². The number of phenols is 1. The molecule has 0 unspecified atom stereocenters. The summed E-state index contributed by atoms with van der Waals surface area (Å²) < 4.78 is 17.1.